The first-order valence-corrected chi connectivity index (χ1v) is 8.80. The quantitative estimate of drug-likeness (QED) is 0.716. The standard InChI is InChI=1S/C18H13Cl3N2O3/c1-2-26-13-9-4-3-7-11(13)22-16-15(21)17(24)23(18(16)25)12-8-5-6-10(19)14(12)20/h3-9,22H,2H2,1H3. The highest BCUT2D eigenvalue weighted by Gasteiger charge is 2.40. The zero-order valence-electron chi connectivity index (χ0n) is 13.6. The van der Waals surface area contributed by atoms with E-state index in [1.54, 1.807) is 36.4 Å². The number of benzene rings is 2. The molecule has 0 unspecified atom stereocenters. The lowest BCUT2D eigenvalue weighted by Crippen LogP contribution is -2.32. The highest BCUT2D eigenvalue weighted by atomic mass is 35.5. The van der Waals surface area contributed by atoms with Gasteiger partial charge < -0.3 is 10.1 Å². The van der Waals surface area contributed by atoms with E-state index in [2.05, 4.69) is 5.32 Å². The van der Waals surface area contributed by atoms with Crippen LogP contribution in [-0.4, -0.2) is 18.4 Å². The van der Waals surface area contributed by atoms with Gasteiger partial charge >= 0.3 is 0 Å². The summed E-state index contributed by atoms with van der Waals surface area (Å²) in [4.78, 5) is 26.2. The number of carbonyl (C=O) groups is 2. The molecule has 1 heterocycles. The van der Waals surface area contributed by atoms with Crippen molar-refractivity contribution in [3.05, 3.63) is 63.2 Å². The Kier molecular flexibility index (Phi) is 5.41. The highest BCUT2D eigenvalue weighted by molar-refractivity contribution is 6.54. The van der Waals surface area contributed by atoms with E-state index in [0.29, 0.717) is 18.0 Å². The van der Waals surface area contributed by atoms with Crippen molar-refractivity contribution in [2.24, 2.45) is 0 Å². The number of carbonyl (C=O) groups excluding carboxylic acids is 2. The monoisotopic (exact) mass is 410 g/mol. The van der Waals surface area contributed by atoms with Gasteiger partial charge in [-0.15, -0.1) is 0 Å². The molecule has 2 aromatic carbocycles. The minimum atomic E-state index is -0.683. The number of ether oxygens (including phenoxy) is 1. The number of halogens is 3. The smallest absolute Gasteiger partial charge is 0.283 e. The van der Waals surface area contributed by atoms with Crippen LogP contribution in [0.4, 0.5) is 11.4 Å². The number of hydrogen-bond acceptors (Lipinski definition) is 4. The van der Waals surface area contributed by atoms with Gasteiger partial charge in [0.2, 0.25) is 0 Å². The van der Waals surface area contributed by atoms with Crippen molar-refractivity contribution in [2.75, 3.05) is 16.8 Å². The molecular weight excluding hydrogens is 399 g/mol. The van der Waals surface area contributed by atoms with Crippen LogP contribution in [0.5, 0.6) is 5.75 Å². The molecule has 0 aromatic heterocycles. The zero-order chi connectivity index (χ0) is 18.8. The van der Waals surface area contributed by atoms with Crippen molar-refractivity contribution in [2.45, 2.75) is 6.92 Å². The van der Waals surface area contributed by atoms with E-state index >= 15 is 0 Å². The van der Waals surface area contributed by atoms with Crippen LogP contribution >= 0.6 is 34.8 Å². The Labute approximate surface area is 165 Å². The van der Waals surface area contributed by atoms with Gasteiger partial charge in [0.05, 0.1) is 28.0 Å². The molecule has 0 spiro atoms. The molecule has 0 aliphatic carbocycles. The number of para-hydroxylation sites is 2. The largest absolute Gasteiger partial charge is 0.492 e. The van der Waals surface area contributed by atoms with Crippen LogP contribution in [0, 0.1) is 0 Å². The molecule has 1 aliphatic rings. The van der Waals surface area contributed by atoms with E-state index in [1.165, 1.54) is 6.07 Å². The molecule has 0 saturated heterocycles. The second kappa shape index (κ2) is 7.58. The Hall–Kier alpha value is -2.21. The third-order valence-electron chi connectivity index (χ3n) is 3.65. The third kappa shape index (κ3) is 3.26. The summed E-state index contributed by atoms with van der Waals surface area (Å²) in [5.41, 5.74) is 0.629. The lowest BCUT2D eigenvalue weighted by molar-refractivity contribution is -0.120. The maximum absolute atomic E-state index is 12.8. The molecule has 0 fully saturated rings. The Morgan fingerprint density at radius 3 is 2.46 bits per heavy atom. The molecule has 8 heteroatoms. The van der Waals surface area contributed by atoms with Crippen molar-refractivity contribution < 1.29 is 14.3 Å². The number of amides is 2. The van der Waals surface area contributed by atoms with Crippen molar-refractivity contribution >= 4 is 58.0 Å². The fraction of sp³-hybridized carbons (Fsp3) is 0.111. The number of imide groups is 1. The topological polar surface area (TPSA) is 58.6 Å². The van der Waals surface area contributed by atoms with Gasteiger partial charge in [-0.2, -0.15) is 0 Å². The van der Waals surface area contributed by atoms with Crippen molar-refractivity contribution in [3.63, 3.8) is 0 Å². The second-order valence-electron chi connectivity index (χ2n) is 5.26. The predicted molar refractivity (Wildman–Crippen MR) is 103 cm³/mol. The molecule has 5 nitrogen and oxygen atoms in total. The van der Waals surface area contributed by atoms with Gasteiger partial charge in [0, 0.05) is 0 Å². The summed E-state index contributed by atoms with van der Waals surface area (Å²) in [7, 11) is 0. The van der Waals surface area contributed by atoms with Crippen molar-refractivity contribution in [1.29, 1.82) is 0 Å². The minimum absolute atomic E-state index is 0.0557. The molecule has 134 valence electrons. The Bertz CT molecular complexity index is 928. The second-order valence-corrected chi connectivity index (χ2v) is 6.42. The lowest BCUT2D eigenvalue weighted by Gasteiger charge is -2.17. The van der Waals surface area contributed by atoms with Gasteiger partial charge in [-0.3, -0.25) is 9.59 Å². The summed E-state index contributed by atoms with van der Waals surface area (Å²) in [5, 5.41) is 2.97. The Balaban J connectivity index is 1.96. The van der Waals surface area contributed by atoms with Crippen LogP contribution < -0.4 is 15.0 Å². The van der Waals surface area contributed by atoms with E-state index < -0.39 is 11.8 Å². The molecular formula is C18H13Cl3N2O3. The average Bonchev–Trinajstić information content (AvgIpc) is 2.83. The van der Waals surface area contributed by atoms with Crippen LogP contribution in [0.2, 0.25) is 10.0 Å². The first kappa shape index (κ1) is 18.6. The van der Waals surface area contributed by atoms with Gasteiger partial charge in [0.1, 0.15) is 16.5 Å². The molecule has 3 rings (SSSR count). The van der Waals surface area contributed by atoms with E-state index in [1.807, 2.05) is 6.92 Å². The molecule has 0 saturated carbocycles. The van der Waals surface area contributed by atoms with Gasteiger partial charge in [0.25, 0.3) is 11.8 Å². The SMILES string of the molecule is CCOc1ccccc1NC1=C(Cl)C(=O)N(c2cccc(Cl)c2Cl)C1=O. The maximum Gasteiger partial charge on any atom is 0.283 e. The molecule has 2 amide bonds. The van der Waals surface area contributed by atoms with Crippen molar-refractivity contribution in [3.8, 4) is 5.75 Å². The van der Waals surface area contributed by atoms with E-state index in [0.717, 1.165) is 4.90 Å². The van der Waals surface area contributed by atoms with Gasteiger partial charge in [-0.1, -0.05) is 53.0 Å². The first-order valence-electron chi connectivity index (χ1n) is 7.67. The zero-order valence-corrected chi connectivity index (χ0v) is 15.8. The molecule has 1 N–H and O–H groups in total. The number of rotatable bonds is 5. The van der Waals surface area contributed by atoms with E-state index in [9.17, 15) is 9.59 Å². The maximum atomic E-state index is 12.8. The van der Waals surface area contributed by atoms with Gasteiger partial charge in [-0.25, -0.2) is 4.90 Å². The van der Waals surface area contributed by atoms with Crippen LogP contribution in [0.3, 0.4) is 0 Å². The van der Waals surface area contributed by atoms with Crippen LogP contribution in [0.1, 0.15) is 6.92 Å². The minimum Gasteiger partial charge on any atom is -0.492 e. The van der Waals surface area contributed by atoms with E-state index in [-0.39, 0.29) is 26.5 Å². The number of hydrogen-bond donors (Lipinski definition) is 1. The average molecular weight is 412 g/mol. The summed E-state index contributed by atoms with van der Waals surface area (Å²) in [6.45, 7) is 2.29. The van der Waals surface area contributed by atoms with Crippen LogP contribution in [0.25, 0.3) is 0 Å². The molecule has 1 aliphatic heterocycles. The first-order chi connectivity index (χ1) is 12.5. The van der Waals surface area contributed by atoms with Crippen molar-refractivity contribution in [1.82, 2.24) is 0 Å². The third-order valence-corrected chi connectivity index (χ3v) is 4.81. The molecule has 0 radical (unpaired) electrons. The fourth-order valence-corrected chi connectivity index (χ4v) is 3.07. The number of nitrogens with one attached hydrogen (secondary N) is 1. The summed E-state index contributed by atoms with van der Waals surface area (Å²) < 4.78 is 5.51. The number of nitrogens with zero attached hydrogens (tertiary/aromatic N) is 1. The predicted octanol–water partition coefficient (Wildman–Crippen LogP) is 4.83. The summed E-state index contributed by atoms with van der Waals surface area (Å²) in [5.74, 6) is -0.779. The summed E-state index contributed by atoms with van der Waals surface area (Å²) >= 11 is 18.3. The molecule has 0 bridgehead atoms. The Morgan fingerprint density at radius 1 is 1.00 bits per heavy atom. The fourth-order valence-electron chi connectivity index (χ4n) is 2.48. The Morgan fingerprint density at radius 2 is 1.73 bits per heavy atom. The number of anilines is 2. The van der Waals surface area contributed by atoms with Gasteiger partial charge in [0.15, 0.2) is 0 Å². The van der Waals surface area contributed by atoms with Crippen LogP contribution in [-0.2, 0) is 9.59 Å². The highest BCUT2D eigenvalue weighted by Crippen LogP contribution is 2.38. The molecule has 2 aromatic rings. The lowest BCUT2D eigenvalue weighted by atomic mass is 10.2. The summed E-state index contributed by atoms with van der Waals surface area (Å²) in [6.07, 6.45) is 0. The van der Waals surface area contributed by atoms with Crippen LogP contribution in [0.15, 0.2) is 53.2 Å². The molecule has 0 atom stereocenters. The van der Waals surface area contributed by atoms with E-state index in [4.69, 9.17) is 39.5 Å². The van der Waals surface area contributed by atoms with Gasteiger partial charge in [-0.05, 0) is 31.2 Å². The normalized spacial score (nSPS) is 14.2. The molecule has 26 heavy (non-hydrogen) atoms. The summed E-state index contributed by atoms with van der Waals surface area (Å²) in [6, 6.07) is 11.7.